The Hall–Kier alpha value is -1.14. The molecule has 0 saturated heterocycles. The predicted molar refractivity (Wildman–Crippen MR) is 50.0 cm³/mol. The van der Waals surface area contributed by atoms with E-state index in [1.165, 1.54) is 0 Å². The molecule has 27 heavy (non-hydrogen) atoms. The highest BCUT2D eigenvalue weighted by molar-refractivity contribution is 7.87. The van der Waals surface area contributed by atoms with E-state index >= 15 is 0 Å². The molecule has 1 fully saturated rings. The standard InChI is InChI=1S/C8HF15O3S/c9-1(7(18,19)20)3(11,12)4(13,14)2(10,8(21,22)23)6(17,5(1,15)16)27(24,25)26/h(H,24,25,26). The van der Waals surface area contributed by atoms with Crippen LogP contribution in [-0.2, 0) is 10.1 Å². The molecule has 1 aliphatic rings. The van der Waals surface area contributed by atoms with Gasteiger partial charge in [0.15, 0.2) is 0 Å². The molecule has 1 aliphatic carbocycles. The zero-order chi connectivity index (χ0) is 22.5. The molecular weight excluding hydrogens is 461 g/mol. The lowest BCUT2D eigenvalue weighted by atomic mass is 9.67. The maximum atomic E-state index is 14.0. The van der Waals surface area contributed by atoms with E-state index in [0.717, 1.165) is 0 Å². The van der Waals surface area contributed by atoms with Crippen LogP contribution in [0.15, 0.2) is 0 Å². The van der Waals surface area contributed by atoms with Gasteiger partial charge in [0.25, 0.3) is 0 Å². The minimum Gasteiger partial charge on any atom is -0.283 e. The fourth-order valence-corrected chi connectivity index (χ4v) is 3.39. The van der Waals surface area contributed by atoms with E-state index in [1.54, 1.807) is 0 Å². The summed E-state index contributed by atoms with van der Waals surface area (Å²) in [6, 6.07) is 0. The number of rotatable bonds is 1. The lowest BCUT2D eigenvalue weighted by Gasteiger charge is -2.56. The second-order valence-corrected chi connectivity index (χ2v) is 6.62. The van der Waals surface area contributed by atoms with Crippen molar-refractivity contribution >= 4 is 10.1 Å². The van der Waals surface area contributed by atoms with Crippen LogP contribution in [0.25, 0.3) is 0 Å². The Morgan fingerprint density at radius 2 is 0.815 bits per heavy atom. The van der Waals surface area contributed by atoms with Crippen molar-refractivity contribution in [2.24, 2.45) is 0 Å². The average Bonchev–Trinajstić information content (AvgIpc) is 2.38. The smallest absolute Gasteiger partial charge is 0.283 e. The topological polar surface area (TPSA) is 54.4 Å². The van der Waals surface area contributed by atoms with Crippen LogP contribution in [0.2, 0.25) is 0 Å². The van der Waals surface area contributed by atoms with Crippen molar-refractivity contribution in [1.82, 2.24) is 0 Å². The second kappa shape index (κ2) is 5.07. The normalized spacial score (nSPS) is 39.3. The molecule has 3 unspecified atom stereocenters. The van der Waals surface area contributed by atoms with E-state index in [4.69, 9.17) is 4.55 Å². The summed E-state index contributed by atoms with van der Waals surface area (Å²) < 4.78 is 226. The second-order valence-electron chi connectivity index (χ2n) is 5.11. The zero-order valence-corrected chi connectivity index (χ0v) is 12.2. The summed E-state index contributed by atoms with van der Waals surface area (Å²) in [5.74, 6) is -25.4. The summed E-state index contributed by atoms with van der Waals surface area (Å²) in [6.45, 7) is 0. The third-order valence-electron chi connectivity index (χ3n) is 3.68. The highest BCUT2D eigenvalue weighted by Crippen LogP contribution is 2.75. The maximum Gasteiger partial charge on any atom is 0.435 e. The third-order valence-corrected chi connectivity index (χ3v) is 4.92. The molecule has 0 aromatic rings. The van der Waals surface area contributed by atoms with Crippen molar-refractivity contribution in [1.29, 1.82) is 0 Å². The van der Waals surface area contributed by atoms with Crippen LogP contribution in [0.5, 0.6) is 0 Å². The maximum absolute atomic E-state index is 14.0. The highest BCUT2D eigenvalue weighted by Gasteiger charge is 3.09. The van der Waals surface area contributed by atoms with Crippen LogP contribution < -0.4 is 0 Å². The van der Waals surface area contributed by atoms with Gasteiger partial charge in [0.2, 0.25) is 0 Å². The molecular formula is C8HF15O3S. The first-order valence-corrected chi connectivity index (χ1v) is 6.99. The van der Waals surface area contributed by atoms with Crippen molar-refractivity contribution in [3.63, 3.8) is 0 Å². The first-order valence-electron chi connectivity index (χ1n) is 5.55. The molecule has 3 atom stereocenters. The molecule has 0 heterocycles. The van der Waals surface area contributed by atoms with Gasteiger partial charge < -0.3 is 0 Å². The Kier molecular flexibility index (Phi) is 4.48. The largest absolute Gasteiger partial charge is 0.435 e. The van der Waals surface area contributed by atoms with E-state index in [0.29, 0.717) is 0 Å². The lowest BCUT2D eigenvalue weighted by molar-refractivity contribution is -0.493. The van der Waals surface area contributed by atoms with Crippen molar-refractivity contribution < 1.29 is 78.8 Å². The summed E-state index contributed by atoms with van der Waals surface area (Å²) in [5, 5.41) is -8.29. The van der Waals surface area contributed by atoms with Gasteiger partial charge in [0.05, 0.1) is 0 Å². The molecule has 19 heteroatoms. The summed E-state index contributed by atoms with van der Waals surface area (Å²) >= 11 is 0. The molecule has 0 spiro atoms. The van der Waals surface area contributed by atoms with Gasteiger partial charge in [0, 0.05) is 0 Å². The lowest BCUT2D eigenvalue weighted by Crippen LogP contribution is -2.92. The molecule has 162 valence electrons. The molecule has 1 saturated carbocycles. The zero-order valence-electron chi connectivity index (χ0n) is 11.3. The molecule has 0 aromatic heterocycles. The molecule has 1 N–H and O–H groups in total. The van der Waals surface area contributed by atoms with E-state index in [-0.39, 0.29) is 0 Å². The van der Waals surface area contributed by atoms with Gasteiger partial charge in [-0.2, -0.15) is 61.1 Å². The van der Waals surface area contributed by atoms with Gasteiger partial charge in [-0.1, -0.05) is 0 Å². The van der Waals surface area contributed by atoms with Crippen molar-refractivity contribution in [3.8, 4) is 0 Å². The van der Waals surface area contributed by atoms with E-state index in [9.17, 15) is 74.3 Å². The molecule has 0 aromatic carbocycles. The Morgan fingerprint density at radius 1 is 0.556 bits per heavy atom. The third kappa shape index (κ3) is 2.04. The molecule has 0 amide bonds. The summed E-state index contributed by atoms with van der Waals surface area (Å²) in [7, 11) is -8.44. The molecule has 0 radical (unpaired) electrons. The molecule has 1 rings (SSSR count). The van der Waals surface area contributed by atoms with E-state index < -0.39 is 56.6 Å². The number of hydrogen-bond donors (Lipinski definition) is 1. The van der Waals surface area contributed by atoms with Gasteiger partial charge >= 0.3 is 56.6 Å². The predicted octanol–water partition coefficient (Wildman–Crippen LogP) is 4.00. The number of alkyl halides is 15. The fourth-order valence-electron chi connectivity index (χ4n) is 2.33. The fraction of sp³-hybridized carbons (Fsp3) is 1.00. The van der Waals surface area contributed by atoms with Gasteiger partial charge in [-0.15, -0.1) is 0 Å². The van der Waals surface area contributed by atoms with Crippen LogP contribution in [0.4, 0.5) is 65.9 Å². The average molecular weight is 462 g/mol. The minimum absolute atomic E-state index is 8.10. The van der Waals surface area contributed by atoms with Crippen LogP contribution in [-0.4, -0.2) is 59.4 Å². The van der Waals surface area contributed by atoms with Crippen LogP contribution in [0.1, 0.15) is 0 Å². The van der Waals surface area contributed by atoms with Crippen molar-refractivity contribution in [3.05, 3.63) is 0 Å². The van der Waals surface area contributed by atoms with Crippen LogP contribution >= 0.6 is 0 Å². The van der Waals surface area contributed by atoms with Crippen LogP contribution in [0.3, 0.4) is 0 Å². The van der Waals surface area contributed by atoms with E-state index in [1.807, 2.05) is 0 Å². The Bertz CT molecular complexity index is 737. The first kappa shape index (κ1) is 23.9. The summed E-state index contributed by atoms with van der Waals surface area (Å²) in [5.41, 5.74) is -16.9. The Balaban J connectivity index is 4.44. The summed E-state index contributed by atoms with van der Waals surface area (Å²) in [6.07, 6.45) is -16.2. The molecule has 3 nitrogen and oxygen atoms in total. The minimum atomic E-state index is -8.48. The molecule has 0 bridgehead atoms. The van der Waals surface area contributed by atoms with Crippen molar-refractivity contribution in [2.75, 3.05) is 0 Å². The molecule has 0 aliphatic heterocycles. The summed E-state index contributed by atoms with van der Waals surface area (Å²) in [4.78, 5) is 0. The van der Waals surface area contributed by atoms with Crippen LogP contribution in [0, 0.1) is 0 Å². The Labute approximate surface area is 136 Å². The quantitative estimate of drug-likeness (QED) is 0.474. The van der Waals surface area contributed by atoms with Gasteiger partial charge in [-0.25, -0.2) is 13.2 Å². The number of halogens is 15. The Morgan fingerprint density at radius 3 is 1.04 bits per heavy atom. The highest BCUT2D eigenvalue weighted by atomic mass is 32.2. The first-order chi connectivity index (χ1) is 11.2. The van der Waals surface area contributed by atoms with E-state index in [2.05, 4.69) is 0 Å². The SMILES string of the molecule is O=S(=O)(O)C1(F)C(F)(F)C(F)(C(F)(F)F)C(F)(F)C(F)(F)C1(F)C(F)(F)F. The monoisotopic (exact) mass is 462 g/mol. The van der Waals surface area contributed by atoms with Gasteiger partial charge in [-0.05, 0) is 0 Å². The van der Waals surface area contributed by atoms with Gasteiger partial charge in [0.1, 0.15) is 0 Å². The number of hydrogen-bond acceptors (Lipinski definition) is 2. The van der Waals surface area contributed by atoms with Crippen molar-refractivity contribution in [2.45, 2.75) is 46.5 Å². The van der Waals surface area contributed by atoms with Gasteiger partial charge in [-0.3, -0.25) is 4.55 Å².